The Morgan fingerprint density at radius 3 is 2.64 bits per heavy atom. The molecule has 1 aliphatic rings. The van der Waals surface area contributed by atoms with Crippen molar-refractivity contribution in [3.05, 3.63) is 51.4 Å². The third kappa shape index (κ3) is 4.92. The quantitative estimate of drug-likeness (QED) is 0.380. The number of thiophene rings is 1. The number of nitrogens with one attached hydrogen (secondary N) is 2. The fourth-order valence-corrected chi connectivity index (χ4v) is 5.15. The minimum Gasteiger partial charge on any atom is -0.462 e. The maximum atomic E-state index is 12.6. The first kappa shape index (κ1) is 20.8. The molecule has 0 radical (unpaired) electrons. The molecule has 0 bridgehead atoms. The first-order chi connectivity index (χ1) is 13.5. The van der Waals surface area contributed by atoms with Crippen molar-refractivity contribution in [1.29, 1.82) is 0 Å². The normalized spacial score (nSPS) is 14.5. The Labute approximate surface area is 176 Å². The Morgan fingerprint density at radius 2 is 1.93 bits per heavy atom. The second kappa shape index (κ2) is 9.52. The highest BCUT2D eigenvalue weighted by Gasteiger charge is 2.26. The van der Waals surface area contributed by atoms with Crippen molar-refractivity contribution < 1.29 is 9.53 Å². The molecule has 1 atom stereocenters. The fourth-order valence-electron chi connectivity index (χ4n) is 3.52. The van der Waals surface area contributed by atoms with Crippen molar-refractivity contribution >= 4 is 39.6 Å². The molecule has 28 heavy (non-hydrogen) atoms. The molecule has 1 unspecified atom stereocenters. The number of carbonyl (C=O) groups is 1. The summed E-state index contributed by atoms with van der Waals surface area (Å²) in [5.74, 6) is -0.251. The predicted molar refractivity (Wildman–Crippen MR) is 120 cm³/mol. The first-order valence-electron chi connectivity index (χ1n) is 9.95. The molecule has 2 N–H and O–H groups in total. The largest absolute Gasteiger partial charge is 0.462 e. The molecule has 150 valence electrons. The highest BCUT2D eigenvalue weighted by molar-refractivity contribution is 7.80. The summed E-state index contributed by atoms with van der Waals surface area (Å²) in [6.07, 6.45) is 5.45. The van der Waals surface area contributed by atoms with Gasteiger partial charge in [-0.1, -0.05) is 36.2 Å². The third-order valence-electron chi connectivity index (χ3n) is 5.05. The van der Waals surface area contributed by atoms with E-state index < -0.39 is 0 Å². The van der Waals surface area contributed by atoms with Gasteiger partial charge in [0.15, 0.2) is 5.11 Å². The molecule has 1 heterocycles. The highest BCUT2D eigenvalue weighted by Crippen LogP contribution is 2.38. The lowest BCUT2D eigenvalue weighted by atomic mass is 10.1. The topological polar surface area (TPSA) is 50.4 Å². The number of aryl methyl sites for hydroxylation is 2. The van der Waals surface area contributed by atoms with Crippen LogP contribution in [-0.2, 0) is 17.6 Å². The average Bonchev–Trinajstić information content (AvgIpc) is 2.82. The van der Waals surface area contributed by atoms with Gasteiger partial charge in [-0.05, 0) is 69.8 Å². The van der Waals surface area contributed by atoms with Gasteiger partial charge in [-0.3, -0.25) is 0 Å². The van der Waals surface area contributed by atoms with Gasteiger partial charge in [-0.15, -0.1) is 11.3 Å². The van der Waals surface area contributed by atoms with E-state index in [1.54, 1.807) is 11.3 Å². The molecule has 0 fully saturated rings. The lowest BCUT2D eigenvalue weighted by Gasteiger charge is -2.17. The van der Waals surface area contributed by atoms with Gasteiger partial charge < -0.3 is 15.4 Å². The number of rotatable bonds is 5. The molecule has 0 amide bonds. The number of carbonyl (C=O) groups excluding carboxylic acids is 1. The smallest absolute Gasteiger partial charge is 0.341 e. The molecule has 1 aromatic carbocycles. The van der Waals surface area contributed by atoms with E-state index >= 15 is 0 Å². The van der Waals surface area contributed by atoms with Crippen LogP contribution in [0.1, 0.15) is 71.1 Å². The predicted octanol–water partition coefficient (Wildman–Crippen LogP) is 5.55. The van der Waals surface area contributed by atoms with Crippen LogP contribution in [0.4, 0.5) is 5.00 Å². The van der Waals surface area contributed by atoms with Gasteiger partial charge in [0.1, 0.15) is 5.00 Å². The van der Waals surface area contributed by atoms with E-state index in [1.165, 1.54) is 28.8 Å². The lowest BCUT2D eigenvalue weighted by Crippen LogP contribution is -2.31. The van der Waals surface area contributed by atoms with Crippen LogP contribution in [0.3, 0.4) is 0 Å². The molecular weight excluding hydrogens is 388 g/mol. The molecule has 3 rings (SSSR count). The fraction of sp³-hybridized carbons (Fsp3) is 0.455. The second-order valence-electron chi connectivity index (χ2n) is 7.22. The lowest BCUT2D eigenvalue weighted by molar-refractivity contribution is 0.0527. The summed E-state index contributed by atoms with van der Waals surface area (Å²) in [6.45, 7) is 6.36. The van der Waals surface area contributed by atoms with Crippen LogP contribution in [0.15, 0.2) is 24.3 Å². The van der Waals surface area contributed by atoms with Gasteiger partial charge in [-0.25, -0.2) is 4.79 Å². The van der Waals surface area contributed by atoms with E-state index in [0.717, 1.165) is 29.8 Å². The SMILES string of the molecule is CCOC(=O)c1c(NC(=S)NC(C)c2ccc(C)cc2)sc2c1CCCCC2. The van der Waals surface area contributed by atoms with Gasteiger partial charge >= 0.3 is 5.97 Å². The monoisotopic (exact) mass is 416 g/mol. The Balaban J connectivity index is 1.77. The Kier molecular flexibility index (Phi) is 7.08. The van der Waals surface area contributed by atoms with Crippen molar-refractivity contribution in [2.24, 2.45) is 0 Å². The molecule has 4 nitrogen and oxygen atoms in total. The number of ether oxygens (including phenoxy) is 1. The number of anilines is 1. The van der Waals surface area contributed by atoms with Crippen LogP contribution >= 0.6 is 23.6 Å². The van der Waals surface area contributed by atoms with Crippen LogP contribution in [0.2, 0.25) is 0 Å². The molecule has 1 aliphatic carbocycles. The number of hydrogen-bond acceptors (Lipinski definition) is 4. The summed E-state index contributed by atoms with van der Waals surface area (Å²) in [6, 6.07) is 8.47. The minimum atomic E-state index is -0.251. The van der Waals surface area contributed by atoms with E-state index in [0.29, 0.717) is 17.3 Å². The maximum absolute atomic E-state index is 12.6. The number of esters is 1. The van der Waals surface area contributed by atoms with Gasteiger partial charge in [-0.2, -0.15) is 0 Å². The number of hydrogen-bond donors (Lipinski definition) is 2. The van der Waals surface area contributed by atoms with Crippen molar-refractivity contribution in [2.45, 2.75) is 58.9 Å². The summed E-state index contributed by atoms with van der Waals surface area (Å²) in [7, 11) is 0. The van der Waals surface area contributed by atoms with Crippen molar-refractivity contribution in [2.75, 3.05) is 11.9 Å². The van der Waals surface area contributed by atoms with E-state index in [2.05, 4.69) is 48.7 Å². The summed E-state index contributed by atoms with van der Waals surface area (Å²) >= 11 is 7.19. The van der Waals surface area contributed by atoms with Crippen LogP contribution in [0.5, 0.6) is 0 Å². The summed E-state index contributed by atoms with van der Waals surface area (Å²) < 4.78 is 5.34. The Morgan fingerprint density at radius 1 is 1.21 bits per heavy atom. The molecule has 0 aliphatic heterocycles. The molecule has 0 spiro atoms. The molecule has 2 aromatic rings. The number of thiocarbonyl (C=S) groups is 1. The number of benzene rings is 1. The molecule has 0 saturated heterocycles. The van der Waals surface area contributed by atoms with Crippen molar-refractivity contribution in [3.8, 4) is 0 Å². The van der Waals surface area contributed by atoms with E-state index in [-0.39, 0.29) is 12.0 Å². The Bertz CT molecular complexity index is 843. The molecular formula is C22H28N2O2S2. The standard InChI is InChI=1S/C22H28N2O2S2/c1-4-26-21(25)19-17-8-6-5-7-9-18(17)28-20(19)24-22(27)23-15(3)16-12-10-14(2)11-13-16/h10-13,15H,4-9H2,1-3H3,(H2,23,24,27). The molecule has 0 saturated carbocycles. The van der Waals surface area contributed by atoms with Gasteiger partial charge in [0.05, 0.1) is 18.2 Å². The summed E-state index contributed by atoms with van der Waals surface area (Å²) in [5.41, 5.74) is 4.23. The van der Waals surface area contributed by atoms with Crippen LogP contribution < -0.4 is 10.6 Å². The van der Waals surface area contributed by atoms with Crippen molar-refractivity contribution in [3.63, 3.8) is 0 Å². The Hall–Kier alpha value is -1.92. The zero-order chi connectivity index (χ0) is 20.1. The first-order valence-corrected chi connectivity index (χ1v) is 11.2. The molecule has 6 heteroatoms. The van der Waals surface area contributed by atoms with Gasteiger partial charge in [0.25, 0.3) is 0 Å². The van der Waals surface area contributed by atoms with E-state index in [1.807, 2.05) is 6.92 Å². The second-order valence-corrected chi connectivity index (χ2v) is 8.73. The van der Waals surface area contributed by atoms with E-state index in [4.69, 9.17) is 17.0 Å². The molecule has 1 aromatic heterocycles. The zero-order valence-electron chi connectivity index (χ0n) is 16.8. The minimum absolute atomic E-state index is 0.0735. The summed E-state index contributed by atoms with van der Waals surface area (Å²) in [4.78, 5) is 13.9. The van der Waals surface area contributed by atoms with Gasteiger partial charge in [0.2, 0.25) is 0 Å². The maximum Gasteiger partial charge on any atom is 0.341 e. The highest BCUT2D eigenvalue weighted by atomic mass is 32.1. The third-order valence-corrected chi connectivity index (χ3v) is 6.48. The van der Waals surface area contributed by atoms with Crippen molar-refractivity contribution in [1.82, 2.24) is 5.32 Å². The zero-order valence-corrected chi connectivity index (χ0v) is 18.4. The van der Waals surface area contributed by atoms with Crippen LogP contribution in [0.25, 0.3) is 0 Å². The van der Waals surface area contributed by atoms with E-state index in [9.17, 15) is 4.79 Å². The average molecular weight is 417 g/mol. The van der Waals surface area contributed by atoms with Crippen LogP contribution in [0, 0.1) is 6.92 Å². The number of fused-ring (bicyclic) bond motifs is 1. The summed E-state index contributed by atoms with van der Waals surface area (Å²) in [5, 5.41) is 7.94. The van der Waals surface area contributed by atoms with Crippen LogP contribution in [-0.4, -0.2) is 17.7 Å². The van der Waals surface area contributed by atoms with Gasteiger partial charge in [0, 0.05) is 4.88 Å².